The fourth-order valence-electron chi connectivity index (χ4n) is 2.70. The van der Waals surface area contributed by atoms with Crippen molar-refractivity contribution in [2.75, 3.05) is 0 Å². The van der Waals surface area contributed by atoms with Crippen LogP contribution < -0.4 is 9.47 Å². The largest absolute Gasteiger partial charge is 0.491 e. The third-order valence-corrected chi connectivity index (χ3v) is 3.67. The highest BCUT2D eigenvalue weighted by atomic mass is 16.5. The molecule has 0 saturated carbocycles. The lowest BCUT2D eigenvalue weighted by atomic mass is 9.82. The molecule has 0 amide bonds. The molecule has 0 aromatic heterocycles. The summed E-state index contributed by atoms with van der Waals surface area (Å²) >= 11 is 0. The van der Waals surface area contributed by atoms with E-state index in [0.29, 0.717) is 23.7 Å². The topological polar surface area (TPSA) is 55.8 Å². The minimum atomic E-state index is -0.983. The monoisotopic (exact) mass is 342 g/mol. The van der Waals surface area contributed by atoms with Crippen molar-refractivity contribution >= 4 is 5.97 Å². The Labute approximate surface area is 149 Å². The van der Waals surface area contributed by atoms with Gasteiger partial charge in [0.05, 0.1) is 11.7 Å². The van der Waals surface area contributed by atoms with Gasteiger partial charge in [-0.25, -0.2) is 4.79 Å². The van der Waals surface area contributed by atoms with Gasteiger partial charge < -0.3 is 14.6 Å². The molecule has 2 rings (SSSR count). The molecule has 0 heterocycles. The van der Waals surface area contributed by atoms with Crippen LogP contribution in [0.1, 0.15) is 56.1 Å². The summed E-state index contributed by atoms with van der Waals surface area (Å²) in [6.07, 6.45) is -0.0629. The van der Waals surface area contributed by atoms with Gasteiger partial charge in [-0.3, -0.25) is 0 Å². The van der Waals surface area contributed by atoms with E-state index in [0.717, 1.165) is 5.56 Å². The van der Waals surface area contributed by atoms with Gasteiger partial charge >= 0.3 is 5.97 Å². The number of carboxylic acid groups (broad SMARTS) is 1. The Kier molecular flexibility index (Phi) is 5.73. The predicted octanol–water partition coefficient (Wildman–Crippen LogP) is 5.05. The minimum Gasteiger partial charge on any atom is -0.491 e. The van der Waals surface area contributed by atoms with Crippen molar-refractivity contribution in [3.05, 3.63) is 59.2 Å². The van der Waals surface area contributed by atoms with Gasteiger partial charge in [-0.05, 0) is 30.9 Å². The van der Waals surface area contributed by atoms with E-state index >= 15 is 0 Å². The first-order chi connectivity index (χ1) is 11.7. The van der Waals surface area contributed by atoms with E-state index < -0.39 is 5.97 Å². The zero-order chi connectivity index (χ0) is 18.6. The molecule has 0 aliphatic carbocycles. The Morgan fingerprint density at radius 1 is 1.12 bits per heavy atom. The maximum atomic E-state index is 11.8. The Bertz CT molecular complexity index is 728. The average molecular weight is 342 g/mol. The normalized spacial score (nSPS) is 11.4. The second kappa shape index (κ2) is 7.60. The first kappa shape index (κ1) is 18.8. The molecule has 134 valence electrons. The maximum Gasteiger partial charge on any atom is 0.336 e. The molecule has 2 aromatic rings. The van der Waals surface area contributed by atoms with Gasteiger partial charge in [0.15, 0.2) is 0 Å². The summed E-state index contributed by atoms with van der Waals surface area (Å²) in [6.45, 7) is 10.1. The molecule has 0 radical (unpaired) electrons. The van der Waals surface area contributed by atoms with Crippen LogP contribution in [0.2, 0.25) is 0 Å². The molecule has 1 N–H and O–H groups in total. The molecule has 4 heteroatoms. The predicted molar refractivity (Wildman–Crippen MR) is 98.6 cm³/mol. The van der Waals surface area contributed by atoms with Crippen molar-refractivity contribution in [3.63, 3.8) is 0 Å². The SMILES string of the molecule is CC(C)Oc1cc(OCc2ccccc2)cc(C(=O)O)c1C(C)(C)C. The number of hydrogen-bond donors (Lipinski definition) is 1. The van der Waals surface area contributed by atoms with Gasteiger partial charge in [0, 0.05) is 11.6 Å². The van der Waals surface area contributed by atoms with Gasteiger partial charge in [-0.1, -0.05) is 51.1 Å². The molecule has 0 unspecified atom stereocenters. The van der Waals surface area contributed by atoms with Gasteiger partial charge in [0.25, 0.3) is 0 Å². The van der Waals surface area contributed by atoms with Crippen LogP contribution in [0, 0.1) is 0 Å². The standard InChI is InChI=1S/C21H26O4/c1-14(2)25-18-12-16(24-13-15-9-7-6-8-10-15)11-17(20(22)23)19(18)21(3,4)5/h6-12,14H,13H2,1-5H3,(H,22,23). The molecule has 4 nitrogen and oxygen atoms in total. The molecule has 0 aliphatic rings. The molecular formula is C21H26O4. The number of rotatable bonds is 6. The van der Waals surface area contributed by atoms with E-state index in [9.17, 15) is 9.90 Å². The lowest BCUT2D eigenvalue weighted by Crippen LogP contribution is -2.20. The quantitative estimate of drug-likeness (QED) is 0.798. The van der Waals surface area contributed by atoms with Crippen LogP contribution in [0.5, 0.6) is 11.5 Å². The average Bonchev–Trinajstić information content (AvgIpc) is 2.51. The van der Waals surface area contributed by atoms with E-state index in [4.69, 9.17) is 9.47 Å². The van der Waals surface area contributed by atoms with Gasteiger partial charge in [0.1, 0.15) is 18.1 Å². The van der Waals surface area contributed by atoms with Crippen molar-refractivity contribution in [1.82, 2.24) is 0 Å². The van der Waals surface area contributed by atoms with Gasteiger partial charge in [-0.2, -0.15) is 0 Å². The Balaban J connectivity index is 2.44. The molecule has 0 saturated heterocycles. The van der Waals surface area contributed by atoms with Crippen molar-refractivity contribution < 1.29 is 19.4 Å². The van der Waals surface area contributed by atoms with Crippen molar-refractivity contribution in [3.8, 4) is 11.5 Å². The number of benzene rings is 2. The molecule has 0 aliphatic heterocycles. The first-order valence-corrected chi connectivity index (χ1v) is 8.43. The van der Waals surface area contributed by atoms with Crippen LogP contribution >= 0.6 is 0 Å². The third-order valence-electron chi connectivity index (χ3n) is 3.67. The highest BCUT2D eigenvalue weighted by Gasteiger charge is 2.28. The zero-order valence-corrected chi connectivity index (χ0v) is 15.5. The van der Waals surface area contributed by atoms with Crippen LogP contribution in [-0.4, -0.2) is 17.2 Å². The molecular weight excluding hydrogens is 316 g/mol. The van der Waals surface area contributed by atoms with Crippen molar-refractivity contribution in [2.45, 2.75) is 52.7 Å². The van der Waals surface area contributed by atoms with E-state index in [1.165, 1.54) is 0 Å². The summed E-state index contributed by atoms with van der Waals surface area (Å²) in [4.78, 5) is 11.8. The minimum absolute atomic E-state index is 0.0629. The Hall–Kier alpha value is -2.49. The number of hydrogen-bond acceptors (Lipinski definition) is 3. The van der Waals surface area contributed by atoms with Crippen LogP contribution in [0.4, 0.5) is 0 Å². The summed E-state index contributed by atoms with van der Waals surface area (Å²) in [5.74, 6) is 0.0686. The van der Waals surface area contributed by atoms with Crippen molar-refractivity contribution in [2.24, 2.45) is 0 Å². The Morgan fingerprint density at radius 3 is 2.28 bits per heavy atom. The molecule has 25 heavy (non-hydrogen) atoms. The van der Waals surface area contributed by atoms with Crippen LogP contribution in [0.3, 0.4) is 0 Å². The lowest BCUT2D eigenvalue weighted by Gasteiger charge is -2.26. The molecule has 0 fully saturated rings. The Morgan fingerprint density at radius 2 is 1.76 bits per heavy atom. The fourth-order valence-corrected chi connectivity index (χ4v) is 2.70. The molecule has 0 atom stereocenters. The molecule has 0 spiro atoms. The summed E-state index contributed by atoms with van der Waals surface area (Å²) < 4.78 is 11.7. The summed E-state index contributed by atoms with van der Waals surface area (Å²) in [5, 5.41) is 9.69. The first-order valence-electron chi connectivity index (χ1n) is 8.43. The third kappa shape index (κ3) is 4.99. The number of ether oxygens (including phenoxy) is 2. The number of carboxylic acids is 1. The fraction of sp³-hybridized carbons (Fsp3) is 0.381. The second-order valence-electron chi connectivity index (χ2n) is 7.34. The summed E-state index contributed by atoms with van der Waals surface area (Å²) in [7, 11) is 0. The number of aromatic carboxylic acids is 1. The van der Waals surface area contributed by atoms with Crippen LogP contribution in [0.25, 0.3) is 0 Å². The van der Waals surface area contributed by atoms with E-state index in [2.05, 4.69) is 0 Å². The van der Waals surface area contributed by atoms with Crippen molar-refractivity contribution in [1.29, 1.82) is 0 Å². The van der Waals surface area contributed by atoms with Crippen LogP contribution in [-0.2, 0) is 12.0 Å². The van der Waals surface area contributed by atoms with E-state index in [1.807, 2.05) is 65.0 Å². The number of carbonyl (C=O) groups is 1. The van der Waals surface area contributed by atoms with Gasteiger partial charge in [0.2, 0.25) is 0 Å². The molecule has 0 bridgehead atoms. The zero-order valence-electron chi connectivity index (χ0n) is 15.5. The maximum absolute atomic E-state index is 11.8. The van der Waals surface area contributed by atoms with Gasteiger partial charge in [-0.15, -0.1) is 0 Å². The highest BCUT2D eigenvalue weighted by Crippen LogP contribution is 2.38. The van der Waals surface area contributed by atoms with Crippen LogP contribution in [0.15, 0.2) is 42.5 Å². The second-order valence-corrected chi connectivity index (χ2v) is 7.34. The molecule has 2 aromatic carbocycles. The van der Waals surface area contributed by atoms with E-state index in [1.54, 1.807) is 12.1 Å². The lowest BCUT2D eigenvalue weighted by molar-refractivity contribution is 0.0692. The highest BCUT2D eigenvalue weighted by molar-refractivity contribution is 5.91. The van der Waals surface area contributed by atoms with E-state index in [-0.39, 0.29) is 17.1 Å². The summed E-state index contributed by atoms with van der Waals surface area (Å²) in [6, 6.07) is 13.1. The smallest absolute Gasteiger partial charge is 0.336 e. The summed E-state index contributed by atoms with van der Waals surface area (Å²) in [5.41, 5.74) is 1.55.